The number of nitrogens with zero attached hydrogens (tertiary/aromatic N) is 5. The summed E-state index contributed by atoms with van der Waals surface area (Å²) in [7, 11) is 1.62. The smallest absolute Gasteiger partial charge is 0.257 e. The fourth-order valence-electron chi connectivity index (χ4n) is 3.06. The van der Waals surface area contributed by atoms with E-state index in [-0.39, 0.29) is 5.91 Å². The van der Waals surface area contributed by atoms with Crippen LogP contribution in [-0.2, 0) is 0 Å². The van der Waals surface area contributed by atoms with Gasteiger partial charge in [-0.3, -0.25) is 10.1 Å². The molecule has 30 heavy (non-hydrogen) atoms. The molecule has 0 fully saturated rings. The third-order valence-corrected chi connectivity index (χ3v) is 5.23. The van der Waals surface area contributed by atoms with E-state index in [2.05, 4.69) is 25.0 Å². The molecule has 0 aliphatic rings. The number of benzene rings is 2. The highest BCUT2D eigenvalue weighted by Crippen LogP contribution is 2.28. The van der Waals surface area contributed by atoms with Crippen LogP contribution < -0.4 is 10.1 Å². The predicted molar refractivity (Wildman–Crippen MR) is 115 cm³/mol. The molecule has 2 aromatic carbocycles. The quantitative estimate of drug-likeness (QED) is 0.525. The molecule has 1 N–H and O–H groups in total. The van der Waals surface area contributed by atoms with E-state index in [0.717, 1.165) is 34.0 Å². The number of nitrogens with one attached hydrogen (secondary N) is 1. The van der Waals surface area contributed by atoms with Crippen molar-refractivity contribution in [3.05, 3.63) is 64.8 Å². The summed E-state index contributed by atoms with van der Waals surface area (Å²) in [6.45, 7) is 5.83. The average Bonchev–Trinajstić information content (AvgIpc) is 3.34. The van der Waals surface area contributed by atoms with E-state index < -0.39 is 0 Å². The van der Waals surface area contributed by atoms with E-state index in [9.17, 15) is 4.79 Å². The molecule has 4 rings (SSSR count). The summed E-state index contributed by atoms with van der Waals surface area (Å²) in [5.74, 6) is 0.874. The van der Waals surface area contributed by atoms with Crippen LogP contribution in [0.3, 0.4) is 0 Å². The third kappa shape index (κ3) is 3.79. The number of carbonyl (C=O) groups is 1. The molecule has 0 bridgehead atoms. The van der Waals surface area contributed by atoms with Gasteiger partial charge in [-0.25, -0.2) is 4.68 Å². The molecular formula is C21H20N6O2S. The molecule has 0 saturated heterocycles. The molecular weight excluding hydrogens is 400 g/mol. The van der Waals surface area contributed by atoms with Crippen molar-refractivity contribution in [1.82, 2.24) is 24.4 Å². The molecule has 152 valence electrons. The molecule has 0 aliphatic heterocycles. The van der Waals surface area contributed by atoms with E-state index in [4.69, 9.17) is 4.74 Å². The molecule has 0 spiro atoms. The van der Waals surface area contributed by atoms with E-state index in [0.29, 0.717) is 28.0 Å². The van der Waals surface area contributed by atoms with Crippen LogP contribution in [0.4, 0.5) is 5.13 Å². The summed E-state index contributed by atoms with van der Waals surface area (Å²) in [5.41, 5.74) is 4.77. The molecule has 9 heteroatoms. The third-order valence-electron chi connectivity index (χ3n) is 4.60. The van der Waals surface area contributed by atoms with E-state index >= 15 is 0 Å². The van der Waals surface area contributed by atoms with Crippen molar-refractivity contribution in [2.75, 3.05) is 12.4 Å². The molecule has 8 nitrogen and oxygen atoms in total. The van der Waals surface area contributed by atoms with Gasteiger partial charge in [0.1, 0.15) is 11.4 Å². The Morgan fingerprint density at radius 3 is 2.67 bits per heavy atom. The Kier molecular flexibility index (Phi) is 5.28. The van der Waals surface area contributed by atoms with Gasteiger partial charge in [0.05, 0.1) is 12.8 Å². The maximum absolute atomic E-state index is 12.5. The molecule has 0 unspecified atom stereocenters. The van der Waals surface area contributed by atoms with Gasteiger partial charge in [-0.15, -0.1) is 5.10 Å². The Morgan fingerprint density at radius 1 is 1.10 bits per heavy atom. The zero-order valence-corrected chi connectivity index (χ0v) is 17.8. The molecule has 1 amide bonds. The van der Waals surface area contributed by atoms with Gasteiger partial charge >= 0.3 is 0 Å². The van der Waals surface area contributed by atoms with Crippen LogP contribution in [0.25, 0.3) is 17.2 Å². The highest BCUT2D eigenvalue weighted by atomic mass is 32.1. The minimum absolute atomic E-state index is 0.230. The fraction of sp³-hybridized carbons (Fsp3) is 0.190. The maximum atomic E-state index is 12.5. The minimum Gasteiger partial charge on any atom is -0.494 e. The van der Waals surface area contributed by atoms with Gasteiger partial charge in [-0.1, -0.05) is 29.0 Å². The highest BCUT2D eigenvalue weighted by Gasteiger charge is 2.19. The van der Waals surface area contributed by atoms with Crippen molar-refractivity contribution in [3.8, 4) is 23.0 Å². The van der Waals surface area contributed by atoms with Gasteiger partial charge in [-0.05, 0) is 50.6 Å². The average molecular weight is 420 g/mol. The lowest BCUT2D eigenvalue weighted by atomic mass is 10.1. The van der Waals surface area contributed by atoms with E-state index in [1.54, 1.807) is 17.9 Å². The molecule has 0 radical (unpaired) electrons. The Balaban J connectivity index is 1.60. The van der Waals surface area contributed by atoms with Gasteiger partial charge in [0.25, 0.3) is 5.91 Å². The van der Waals surface area contributed by atoms with Crippen LogP contribution in [0.1, 0.15) is 27.2 Å². The van der Waals surface area contributed by atoms with Crippen molar-refractivity contribution in [3.63, 3.8) is 0 Å². The largest absolute Gasteiger partial charge is 0.494 e. The maximum Gasteiger partial charge on any atom is 0.257 e. The summed E-state index contributed by atoms with van der Waals surface area (Å²) >= 11 is 1.10. The van der Waals surface area contributed by atoms with Crippen LogP contribution in [0.15, 0.2) is 42.5 Å². The standard InChI is InChI=1S/C21H20N6O2S/c1-12-6-5-7-15(10-12)20(28)23-21-22-19(25-30-21)18-14(3)27(26-24-18)16-11-13(2)8-9-17(16)29-4/h5-11H,1-4H3,(H,22,23,25,28). The highest BCUT2D eigenvalue weighted by molar-refractivity contribution is 7.10. The molecule has 2 aromatic heterocycles. The Morgan fingerprint density at radius 2 is 1.90 bits per heavy atom. The van der Waals surface area contributed by atoms with Crippen molar-refractivity contribution in [1.29, 1.82) is 0 Å². The molecule has 4 aromatic rings. The van der Waals surface area contributed by atoms with Crippen molar-refractivity contribution in [2.24, 2.45) is 0 Å². The van der Waals surface area contributed by atoms with Gasteiger partial charge in [0.15, 0.2) is 11.5 Å². The van der Waals surface area contributed by atoms with E-state index in [1.165, 1.54) is 0 Å². The summed E-state index contributed by atoms with van der Waals surface area (Å²) in [6.07, 6.45) is 0. The summed E-state index contributed by atoms with van der Waals surface area (Å²) in [4.78, 5) is 16.9. The zero-order chi connectivity index (χ0) is 21.3. The monoisotopic (exact) mass is 420 g/mol. The number of aryl methyl sites for hydroxylation is 2. The minimum atomic E-state index is -0.230. The Labute approximate surface area is 177 Å². The van der Waals surface area contributed by atoms with E-state index in [1.807, 2.05) is 57.2 Å². The van der Waals surface area contributed by atoms with Gasteiger partial charge in [-0.2, -0.15) is 9.36 Å². The molecule has 2 heterocycles. The first-order valence-electron chi connectivity index (χ1n) is 9.25. The number of aromatic nitrogens is 5. The lowest BCUT2D eigenvalue weighted by Gasteiger charge is -2.10. The van der Waals surface area contributed by atoms with Crippen molar-refractivity contribution < 1.29 is 9.53 Å². The molecule has 0 saturated carbocycles. The number of anilines is 1. The number of hydrogen-bond acceptors (Lipinski definition) is 7. The second-order valence-electron chi connectivity index (χ2n) is 6.86. The van der Waals surface area contributed by atoms with Gasteiger partial charge in [0.2, 0.25) is 5.13 Å². The second kappa shape index (κ2) is 8.03. The zero-order valence-electron chi connectivity index (χ0n) is 17.0. The lowest BCUT2D eigenvalue weighted by Crippen LogP contribution is -2.11. The topological polar surface area (TPSA) is 94.8 Å². The Bertz CT molecular complexity index is 1230. The number of rotatable bonds is 5. The van der Waals surface area contributed by atoms with Crippen LogP contribution in [0, 0.1) is 20.8 Å². The van der Waals surface area contributed by atoms with Crippen LogP contribution in [0.2, 0.25) is 0 Å². The normalized spacial score (nSPS) is 10.8. The predicted octanol–water partition coefficient (Wildman–Crippen LogP) is 3.97. The first-order chi connectivity index (χ1) is 14.5. The van der Waals surface area contributed by atoms with Crippen LogP contribution in [-0.4, -0.2) is 37.4 Å². The fourth-order valence-corrected chi connectivity index (χ4v) is 3.62. The second-order valence-corrected chi connectivity index (χ2v) is 7.61. The summed E-state index contributed by atoms with van der Waals surface area (Å²) < 4.78 is 11.5. The van der Waals surface area contributed by atoms with Gasteiger partial charge < -0.3 is 4.74 Å². The molecule has 0 atom stereocenters. The number of methoxy groups -OCH3 is 1. The van der Waals surface area contributed by atoms with Crippen molar-refractivity contribution >= 4 is 22.6 Å². The number of carbonyl (C=O) groups excluding carboxylic acids is 1. The lowest BCUT2D eigenvalue weighted by molar-refractivity contribution is 0.102. The first kappa shape index (κ1) is 19.7. The molecule has 0 aliphatic carbocycles. The summed E-state index contributed by atoms with van der Waals surface area (Å²) in [6, 6.07) is 13.2. The van der Waals surface area contributed by atoms with Crippen LogP contribution in [0.5, 0.6) is 5.75 Å². The number of hydrogen-bond donors (Lipinski definition) is 1. The number of amides is 1. The summed E-state index contributed by atoms with van der Waals surface area (Å²) in [5, 5.41) is 11.7. The Hall–Kier alpha value is -3.59. The first-order valence-corrected chi connectivity index (χ1v) is 10.0. The van der Waals surface area contributed by atoms with Crippen molar-refractivity contribution in [2.45, 2.75) is 20.8 Å². The van der Waals surface area contributed by atoms with Gasteiger partial charge in [0, 0.05) is 17.1 Å². The van der Waals surface area contributed by atoms with Crippen LogP contribution >= 0.6 is 11.5 Å². The number of ether oxygens (including phenoxy) is 1. The SMILES string of the molecule is COc1ccc(C)cc1-n1nnc(-c2nsc(NC(=O)c3cccc(C)c3)n2)c1C.